The molecule has 0 fully saturated rings. The van der Waals surface area contributed by atoms with Crippen LogP contribution in [0.5, 0.6) is 0 Å². The quantitative estimate of drug-likeness (QED) is 0.799. The van der Waals surface area contributed by atoms with Crippen LogP contribution < -0.4 is 4.90 Å². The minimum absolute atomic E-state index is 0.336. The molecular formula is C15H17N3O2. The van der Waals surface area contributed by atoms with Gasteiger partial charge in [0.2, 0.25) is 0 Å². The molecule has 2 aromatic rings. The number of benzene rings is 1. The molecule has 5 heteroatoms. The minimum atomic E-state index is -0.511. The molecule has 104 valence electrons. The first-order valence-corrected chi connectivity index (χ1v) is 6.58. The first-order chi connectivity index (χ1) is 9.46. The van der Waals surface area contributed by atoms with Gasteiger partial charge < -0.3 is 4.74 Å². The highest BCUT2D eigenvalue weighted by Gasteiger charge is 2.30. The molecule has 1 aliphatic rings. The van der Waals surface area contributed by atoms with Crippen molar-refractivity contribution in [2.45, 2.75) is 32.9 Å². The van der Waals surface area contributed by atoms with E-state index in [0.717, 1.165) is 22.5 Å². The van der Waals surface area contributed by atoms with E-state index in [1.165, 1.54) is 0 Å². The van der Waals surface area contributed by atoms with E-state index >= 15 is 0 Å². The van der Waals surface area contributed by atoms with Crippen molar-refractivity contribution in [1.29, 1.82) is 0 Å². The van der Waals surface area contributed by atoms with Crippen LogP contribution in [0.1, 0.15) is 26.3 Å². The molecule has 0 unspecified atom stereocenters. The lowest BCUT2D eigenvalue weighted by Crippen LogP contribution is -2.38. The summed E-state index contributed by atoms with van der Waals surface area (Å²) < 4.78 is 5.48. The third kappa shape index (κ3) is 2.15. The molecule has 1 amide bonds. The predicted molar refractivity (Wildman–Crippen MR) is 76.4 cm³/mol. The summed E-state index contributed by atoms with van der Waals surface area (Å²) >= 11 is 0. The number of para-hydroxylation sites is 1. The summed E-state index contributed by atoms with van der Waals surface area (Å²) in [7, 11) is 0. The lowest BCUT2D eigenvalue weighted by molar-refractivity contribution is 0.0577. The molecule has 1 aromatic heterocycles. The molecule has 0 aliphatic carbocycles. The van der Waals surface area contributed by atoms with Gasteiger partial charge in [-0.05, 0) is 26.8 Å². The Hall–Kier alpha value is -2.30. The number of rotatable bonds is 0. The number of ether oxygens (including phenoxy) is 1. The number of amides is 1. The van der Waals surface area contributed by atoms with E-state index in [0.29, 0.717) is 6.54 Å². The topological polar surface area (TPSA) is 58.2 Å². The van der Waals surface area contributed by atoms with Crippen molar-refractivity contribution in [3.63, 3.8) is 0 Å². The van der Waals surface area contributed by atoms with Crippen molar-refractivity contribution in [2.75, 3.05) is 4.90 Å². The molecule has 5 nitrogen and oxygen atoms in total. The second-order valence-electron chi connectivity index (χ2n) is 5.85. The normalized spacial score (nSPS) is 13.7. The van der Waals surface area contributed by atoms with Crippen LogP contribution in [-0.2, 0) is 11.3 Å². The molecule has 1 aromatic carbocycles. The second kappa shape index (κ2) is 4.37. The predicted octanol–water partition coefficient (Wildman–Crippen LogP) is 3.33. The van der Waals surface area contributed by atoms with Crippen molar-refractivity contribution >= 4 is 11.8 Å². The highest BCUT2D eigenvalue weighted by atomic mass is 16.6. The third-order valence-electron chi connectivity index (χ3n) is 3.12. The Morgan fingerprint density at radius 1 is 1.35 bits per heavy atom. The smallest absolute Gasteiger partial charge is 0.415 e. The zero-order chi connectivity index (χ0) is 14.3. The van der Waals surface area contributed by atoms with Crippen LogP contribution in [0.15, 0.2) is 30.5 Å². The van der Waals surface area contributed by atoms with Gasteiger partial charge in [-0.3, -0.25) is 10.00 Å². The van der Waals surface area contributed by atoms with E-state index in [1.807, 2.05) is 45.0 Å². The van der Waals surface area contributed by atoms with E-state index < -0.39 is 5.60 Å². The van der Waals surface area contributed by atoms with Gasteiger partial charge in [-0.15, -0.1) is 0 Å². The number of hydrogen-bond acceptors (Lipinski definition) is 3. The van der Waals surface area contributed by atoms with Crippen LogP contribution in [0, 0.1) is 0 Å². The van der Waals surface area contributed by atoms with Crippen LogP contribution in [0.4, 0.5) is 10.5 Å². The van der Waals surface area contributed by atoms with Crippen molar-refractivity contribution in [1.82, 2.24) is 10.2 Å². The molecule has 0 atom stereocenters. The Kier molecular flexibility index (Phi) is 2.78. The first kappa shape index (κ1) is 12.7. The Labute approximate surface area is 117 Å². The minimum Gasteiger partial charge on any atom is -0.443 e. The molecule has 0 spiro atoms. The van der Waals surface area contributed by atoms with Crippen molar-refractivity contribution < 1.29 is 9.53 Å². The molecular weight excluding hydrogens is 254 g/mol. The summed E-state index contributed by atoms with van der Waals surface area (Å²) in [5.74, 6) is 0. The molecule has 0 saturated heterocycles. The average molecular weight is 271 g/mol. The Balaban J connectivity index is 2.01. The summed E-state index contributed by atoms with van der Waals surface area (Å²) in [6.45, 7) is 6.07. The van der Waals surface area contributed by atoms with Crippen LogP contribution in [0.3, 0.4) is 0 Å². The maximum Gasteiger partial charge on any atom is 0.415 e. The molecule has 0 saturated carbocycles. The van der Waals surface area contributed by atoms with Gasteiger partial charge in [-0.25, -0.2) is 4.79 Å². The van der Waals surface area contributed by atoms with E-state index in [1.54, 1.807) is 11.1 Å². The molecule has 2 heterocycles. The molecule has 1 N–H and O–H groups in total. The number of hydrogen-bond donors (Lipinski definition) is 1. The Morgan fingerprint density at radius 2 is 2.10 bits per heavy atom. The fourth-order valence-electron chi connectivity index (χ4n) is 2.32. The van der Waals surface area contributed by atoms with Gasteiger partial charge in [0, 0.05) is 11.1 Å². The lowest BCUT2D eigenvalue weighted by Gasteiger charge is -2.31. The summed E-state index contributed by atoms with van der Waals surface area (Å²) in [5.41, 5.74) is 3.27. The van der Waals surface area contributed by atoms with Gasteiger partial charge in [0.25, 0.3) is 0 Å². The first-order valence-electron chi connectivity index (χ1n) is 6.58. The maximum atomic E-state index is 12.4. The Morgan fingerprint density at radius 3 is 2.85 bits per heavy atom. The zero-order valence-corrected chi connectivity index (χ0v) is 11.8. The average Bonchev–Trinajstić information content (AvgIpc) is 2.84. The van der Waals surface area contributed by atoms with Crippen LogP contribution in [0.25, 0.3) is 11.3 Å². The summed E-state index contributed by atoms with van der Waals surface area (Å²) in [5, 5.41) is 7.06. The third-order valence-corrected chi connectivity index (χ3v) is 3.12. The number of aromatic nitrogens is 2. The molecule has 1 aliphatic heterocycles. The summed E-state index contributed by atoms with van der Waals surface area (Å²) in [4.78, 5) is 14.0. The molecule has 0 radical (unpaired) electrons. The molecule has 20 heavy (non-hydrogen) atoms. The van der Waals surface area contributed by atoms with E-state index in [4.69, 9.17) is 4.74 Å². The summed E-state index contributed by atoms with van der Waals surface area (Å²) in [6, 6.07) is 7.76. The molecule has 3 rings (SSSR count). The SMILES string of the molecule is CC(C)(C)OC(=O)N1Cc2cn[nH]c2-c2ccccc21. The van der Waals surface area contributed by atoms with Crippen molar-refractivity contribution in [2.24, 2.45) is 0 Å². The fourth-order valence-corrected chi connectivity index (χ4v) is 2.32. The van der Waals surface area contributed by atoms with Gasteiger partial charge in [0.1, 0.15) is 5.60 Å². The van der Waals surface area contributed by atoms with Crippen molar-refractivity contribution in [3.05, 3.63) is 36.0 Å². The number of nitrogens with zero attached hydrogens (tertiary/aromatic N) is 2. The van der Waals surface area contributed by atoms with Crippen LogP contribution >= 0.6 is 0 Å². The van der Waals surface area contributed by atoms with Gasteiger partial charge >= 0.3 is 6.09 Å². The second-order valence-corrected chi connectivity index (χ2v) is 5.85. The van der Waals surface area contributed by atoms with E-state index in [2.05, 4.69) is 10.2 Å². The van der Waals surface area contributed by atoms with Gasteiger partial charge in [0.15, 0.2) is 0 Å². The highest BCUT2D eigenvalue weighted by molar-refractivity contribution is 5.96. The zero-order valence-electron chi connectivity index (χ0n) is 11.8. The number of H-pyrrole nitrogens is 1. The maximum absolute atomic E-state index is 12.4. The molecule has 0 bridgehead atoms. The highest BCUT2D eigenvalue weighted by Crippen LogP contribution is 2.38. The number of nitrogens with one attached hydrogen (secondary N) is 1. The largest absolute Gasteiger partial charge is 0.443 e. The number of anilines is 1. The Bertz CT molecular complexity index is 655. The van der Waals surface area contributed by atoms with Gasteiger partial charge in [-0.2, -0.15) is 5.10 Å². The van der Waals surface area contributed by atoms with Crippen LogP contribution in [0.2, 0.25) is 0 Å². The number of fused-ring (bicyclic) bond motifs is 3. The van der Waals surface area contributed by atoms with Gasteiger partial charge in [-0.1, -0.05) is 18.2 Å². The van der Waals surface area contributed by atoms with Gasteiger partial charge in [0.05, 0.1) is 24.1 Å². The number of carbonyl (C=O) groups excluding carboxylic acids is 1. The van der Waals surface area contributed by atoms with Crippen LogP contribution in [-0.4, -0.2) is 21.9 Å². The van der Waals surface area contributed by atoms with E-state index in [-0.39, 0.29) is 6.09 Å². The van der Waals surface area contributed by atoms with Crippen molar-refractivity contribution in [3.8, 4) is 11.3 Å². The monoisotopic (exact) mass is 271 g/mol. The van der Waals surface area contributed by atoms with E-state index in [9.17, 15) is 4.79 Å². The standard InChI is InChI=1S/C15H17N3O2/c1-15(2,3)20-14(19)18-9-10-8-16-17-13(10)11-6-4-5-7-12(11)18/h4-8H,9H2,1-3H3,(H,16,17). The number of aromatic amines is 1. The summed E-state index contributed by atoms with van der Waals surface area (Å²) in [6.07, 6.45) is 1.42. The fraction of sp³-hybridized carbons (Fsp3) is 0.333. The lowest BCUT2D eigenvalue weighted by atomic mass is 10.0. The number of carbonyl (C=O) groups is 1.